The van der Waals surface area contributed by atoms with E-state index in [9.17, 15) is 4.79 Å². The molecule has 0 spiro atoms. The van der Waals surface area contributed by atoms with Crippen molar-refractivity contribution in [3.63, 3.8) is 0 Å². The minimum absolute atomic E-state index is 0.135. The zero-order valence-electron chi connectivity index (χ0n) is 13.7. The van der Waals surface area contributed by atoms with E-state index in [-0.39, 0.29) is 18.2 Å². The summed E-state index contributed by atoms with van der Waals surface area (Å²) in [6.45, 7) is 9.14. The fourth-order valence-electron chi connectivity index (χ4n) is 2.55. The second-order valence-electron chi connectivity index (χ2n) is 6.92. The van der Waals surface area contributed by atoms with Gasteiger partial charge in [-0.05, 0) is 51.8 Å². The first kappa shape index (κ1) is 17.1. The normalized spacial score (nSPS) is 22.5. The maximum Gasteiger partial charge on any atom is 0.410 e. The molecule has 0 bridgehead atoms. The van der Waals surface area contributed by atoms with Crippen LogP contribution in [0.5, 0.6) is 0 Å². The second-order valence-corrected chi connectivity index (χ2v) is 7.35. The fourth-order valence-corrected chi connectivity index (χ4v) is 2.67. The van der Waals surface area contributed by atoms with Crippen molar-refractivity contribution in [3.8, 4) is 0 Å². The molecular weight excluding hydrogens is 300 g/mol. The van der Waals surface area contributed by atoms with Gasteiger partial charge in [-0.2, -0.15) is 0 Å². The number of benzene rings is 1. The number of piperazine rings is 1. The predicted octanol–water partition coefficient (Wildman–Crippen LogP) is 3.48. The van der Waals surface area contributed by atoms with Gasteiger partial charge in [0.1, 0.15) is 5.60 Å². The van der Waals surface area contributed by atoms with Crippen LogP contribution < -0.4 is 5.32 Å². The number of rotatable bonds is 2. The summed E-state index contributed by atoms with van der Waals surface area (Å²) in [4.78, 5) is 14.1. The third kappa shape index (κ3) is 4.89. The summed E-state index contributed by atoms with van der Waals surface area (Å²) < 4.78 is 5.50. The number of carbonyl (C=O) groups excluding carboxylic acids is 1. The molecule has 1 aromatic rings. The number of hydrogen-bond donors (Lipinski definition) is 1. The summed E-state index contributed by atoms with van der Waals surface area (Å²) in [6.07, 6.45) is 0.631. The van der Waals surface area contributed by atoms with E-state index >= 15 is 0 Å². The van der Waals surface area contributed by atoms with Gasteiger partial charge in [-0.15, -0.1) is 0 Å². The van der Waals surface area contributed by atoms with Crippen LogP contribution in [0, 0.1) is 0 Å². The van der Waals surface area contributed by atoms with Crippen LogP contribution >= 0.6 is 11.6 Å². The van der Waals surface area contributed by atoms with Gasteiger partial charge in [-0.1, -0.05) is 23.7 Å². The number of nitrogens with zero attached hydrogens (tertiary/aromatic N) is 1. The van der Waals surface area contributed by atoms with Gasteiger partial charge in [-0.25, -0.2) is 4.79 Å². The third-order valence-corrected chi connectivity index (χ3v) is 3.93. The van der Waals surface area contributed by atoms with Crippen LogP contribution in [-0.2, 0) is 11.2 Å². The molecule has 1 aliphatic heterocycles. The maximum atomic E-state index is 12.3. The van der Waals surface area contributed by atoms with E-state index in [1.54, 1.807) is 0 Å². The topological polar surface area (TPSA) is 41.6 Å². The first-order valence-electron chi connectivity index (χ1n) is 7.72. The molecule has 0 saturated carbocycles. The number of nitrogens with one attached hydrogen (secondary N) is 1. The van der Waals surface area contributed by atoms with Crippen molar-refractivity contribution >= 4 is 17.7 Å². The summed E-state index contributed by atoms with van der Waals surface area (Å²) in [5.41, 5.74) is 0.744. The highest BCUT2D eigenvalue weighted by molar-refractivity contribution is 6.30. The predicted molar refractivity (Wildman–Crippen MR) is 89.3 cm³/mol. The van der Waals surface area contributed by atoms with Crippen molar-refractivity contribution in [2.75, 3.05) is 13.1 Å². The molecule has 1 aromatic carbocycles. The number of hydrogen-bond acceptors (Lipinski definition) is 3. The van der Waals surface area contributed by atoms with Gasteiger partial charge in [0.2, 0.25) is 0 Å². The molecule has 1 N–H and O–H groups in total. The van der Waals surface area contributed by atoms with Crippen LogP contribution in [0.25, 0.3) is 0 Å². The van der Waals surface area contributed by atoms with Crippen LogP contribution in [0.3, 0.4) is 0 Å². The number of halogens is 1. The number of carbonyl (C=O) groups is 1. The van der Waals surface area contributed by atoms with Crippen LogP contribution in [0.2, 0.25) is 5.02 Å². The molecule has 1 amide bonds. The lowest BCUT2D eigenvalue weighted by Crippen LogP contribution is -2.58. The van der Waals surface area contributed by atoms with Crippen molar-refractivity contribution < 1.29 is 9.53 Å². The highest BCUT2D eigenvalue weighted by Crippen LogP contribution is 2.17. The number of amides is 1. The molecule has 0 aliphatic carbocycles. The Morgan fingerprint density at radius 3 is 2.59 bits per heavy atom. The van der Waals surface area contributed by atoms with Gasteiger partial charge in [-0.3, -0.25) is 0 Å². The van der Waals surface area contributed by atoms with E-state index < -0.39 is 5.60 Å². The Hall–Kier alpha value is -1.26. The highest BCUT2D eigenvalue weighted by Gasteiger charge is 2.31. The van der Waals surface area contributed by atoms with Gasteiger partial charge in [0.15, 0.2) is 0 Å². The minimum atomic E-state index is -0.465. The standard InChI is InChI=1S/C17H25ClN2O2/c1-12-10-19-15(9-13-5-7-14(18)8-6-13)11-20(12)16(21)22-17(2,3)4/h5-8,12,15,19H,9-11H2,1-4H3/t12-,15-/m0/s1. The summed E-state index contributed by atoms with van der Waals surface area (Å²) in [7, 11) is 0. The van der Waals surface area contributed by atoms with Crippen LogP contribution in [0.1, 0.15) is 33.3 Å². The first-order chi connectivity index (χ1) is 10.2. The lowest BCUT2D eigenvalue weighted by molar-refractivity contribution is 0.00967. The molecule has 22 heavy (non-hydrogen) atoms. The molecule has 1 fully saturated rings. The summed E-state index contributed by atoms with van der Waals surface area (Å²) in [6, 6.07) is 8.21. The van der Waals surface area contributed by atoms with Crippen LogP contribution in [-0.4, -0.2) is 41.8 Å². The zero-order valence-corrected chi connectivity index (χ0v) is 14.5. The average Bonchev–Trinajstić information content (AvgIpc) is 2.41. The molecule has 1 heterocycles. The molecule has 0 radical (unpaired) electrons. The van der Waals surface area contributed by atoms with Crippen molar-refractivity contribution in [2.45, 2.75) is 51.8 Å². The molecule has 1 saturated heterocycles. The van der Waals surface area contributed by atoms with Crippen molar-refractivity contribution in [1.82, 2.24) is 10.2 Å². The fraction of sp³-hybridized carbons (Fsp3) is 0.588. The van der Waals surface area contributed by atoms with Crippen molar-refractivity contribution in [1.29, 1.82) is 0 Å². The summed E-state index contributed by atoms with van der Waals surface area (Å²) >= 11 is 5.91. The molecule has 4 nitrogen and oxygen atoms in total. The minimum Gasteiger partial charge on any atom is -0.444 e. The monoisotopic (exact) mass is 324 g/mol. The van der Waals surface area contributed by atoms with Crippen molar-refractivity contribution in [2.24, 2.45) is 0 Å². The Morgan fingerprint density at radius 1 is 1.36 bits per heavy atom. The van der Waals surface area contributed by atoms with E-state index in [0.29, 0.717) is 6.54 Å². The SMILES string of the molecule is C[C@H]1CN[C@@H](Cc2ccc(Cl)cc2)CN1C(=O)OC(C)(C)C. The first-order valence-corrected chi connectivity index (χ1v) is 8.10. The van der Waals surface area contributed by atoms with Gasteiger partial charge >= 0.3 is 6.09 Å². The van der Waals surface area contributed by atoms with Gasteiger partial charge < -0.3 is 15.0 Å². The third-order valence-electron chi connectivity index (χ3n) is 3.67. The molecule has 122 valence electrons. The van der Waals surface area contributed by atoms with E-state index in [2.05, 4.69) is 5.32 Å². The Morgan fingerprint density at radius 2 is 2.00 bits per heavy atom. The van der Waals surface area contributed by atoms with E-state index in [0.717, 1.165) is 18.0 Å². The van der Waals surface area contributed by atoms with E-state index in [4.69, 9.17) is 16.3 Å². The van der Waals surface area contributed by atoms with E-state index in [1.165, 1.54) is 5.56 Å². The second kappa shape index (κ2) is 6.88. The summed E-state index contributed by atoms with van der Waals surface area (Å²) in [5.74, 6) is 0. The highest BCUT2D eigenvalue weighted by atomic mass is 35.5. The van der Waals surface area contributed by atoms with Gasteiger partial charge in [0, 0.05) is 30.2 Å². The van der Waals surface area contributed by atoms with Crippen LogP contribution in [0.4, 0.5) is 4.79 Å². The number of ether oxygens (including phenoxy) is 1. The van der Waals surface area contributed by atoms with Gasteiger partial charge in [0.05, 0.1) is 0 Å². The Kier molecular flexibility index (Phi) is 5.35. The Labute approximate surface area is 137 Å². The lowest BCUT2D eigenvalue weighted by atomic mass is 10.0. The maximum absolute atomic E-state index is 12.3. The largest absolute Gasteiger partial charge is 0.444 e. The van der Waals surface area contributed by atoms with E-state index in [1.807, 2.05) is 56.9 Å². The zero-order chi connectivity index (χ0) is 16.3. The molecule has 1 aliphatic rings. The molecule has 2 rings (SSSR count). The van der Waals surface area contributed by atoms with Crippen LogP contribution in [0.15, 0.2) is 24.3 Å². The van der Waals surface area contributed by atoms with Gasteiger partial charge in [0.25, 0.3) is 0 Å². The smallest absolute Gasteiger partial charge is 0.410 e. The molecule has 2 atom stereocenters. The summed E-state index contributed by atoms with van der Waals surface area (Å²) in [5, 5.41) is 4.24. The Balaban J connectivity index is 1.98. The molecule has 5 heteroatoms. The molecular formula is C17H25ClN2O2. The molecule has 0 unspecified atom stereocenters. The lowest BCUT2D eigenvalue weighted by Gasteiger charge is -2.39. The molecule has 0 aromatic heterocycles. The average molecular weight is 325 g/mol. The van der Waals surface area contributed by atoms with Crippen molar-refractivity contribution in [3.05, 3.63) is 34.9 Å². The quantitative estimate of drug-likeness (QED) is 0.905. The Bertz CT molecular complexity index is 510.